The van der Waals surface area contributed by atoms with Crippen molar-refractivity contribution in [2.45, 2.75) is 44.8 Å². The van der Waals surface area contributed by atoms with Gasteiger partial charge in [-0.3, -0.25) is 14.9 Å². The number of nitriles is 1. The largest absolute Gasteiger partial charge is 0.462 e. The molecule has 1 fully saturated rings. The number of carbonyl (C=O) groups is 3. The highest BCUT2D eigenvalue weighted by atomic mass is 35.5. The lowest BCUT2D eigenvalue weighted by molar-refractivity contribution is -0.121. The predicted molar refractivity (Wildman–Crippen MR) is 137 cm³/mol. The van der Waals surface area contributed by atoms with E-state index in [2.05, 4.69) is 17.2 Å². The molecule has 2 amide bonds. The molecule has 2 aromatic rings. The molecule has 2 aliphatic rings. The molecule has 0 spiro atoms. The summed E-state index contributed by atoms with van der Waals surface area (Å²) in [5.74, 6) is -0.918. The van der Waals surface area contributed by atoms with Crippen molar-refractivity contribution >= 4 is 68.3 Å². The van der Waals surface area contributed by atoms with Crippen molar-refractivity contribution in [2.75, 3.05) is 11.5 Å². The van der Waals surface area contributed by atoms with Crippen LogP contribution in [0.4, 0.5) is 10.7 Å². The van der Waals surface area contributed by atoms with Crippen molar-refractivity contribution in [1.29, 1.82) is 5.26 Å². The lowest BCUT2D eigenvalue weighted by atomic mass is 9.88. The Morgan fingerprint density at radius 3 is 2.86 bits per heavy atom. The third kappa shape index (κ3) is 5.22. The van der Waals surface area contributed by atoms with Crippen molar-refractivity contribution in [3.63, 3.8) is 0 Å². The minimum absolute atomic E-state index is 0.0839. The topological polar surface area (TPSA) is 112 Å². The van der Waals surface area contributed by atoms with Gasteiger partial charge in [0.2, 0.25) is 11.8 Å². The van der Waals surface area contributed by atoms with Crippen molar-refractivity contribution in [3.8, 4) is 6.19 Å². The van der Waals surface area contributed by atoms with Gasteiger partial charge in [0, 0.05) is 11.3 Å². The number of amidine groups is 1. The molecule has 0 saturated carbocycles. The van der Waals surface area contributed by atoms with Crippen LogP contribution in [0.5, 0.6) is 0 Å². The van der Waals surface area contributed by atoms with Gasteiger partial charge in [-0.2, -0.15) is 5.26 Å². The molecule has 0 radical (unpaired) electrons. The number of thioether (sulfide) groups is 1. The molecule has 11 heteroatoms. The molecule has 1 aromatic carbocycles. The maximum atomic E-state index is 13.4. The smallest absolute Gasteiger partial charge is 0.341 e. The molecule has 0 unspecified atom stereocenters. The first-order valence-corrected chi connectivity index (χ1v) is 13.2. The number of amides is 2. The van der Waals surface area contributed by atoms with Gasteiger partial charge in [-0.05, 0) is 49.8 Å². The summed E-state index contributed by atoms with van der Waals surface area (Å²) in [6, 6.07) is 6.85. The Hall–Kier alpha value is -2.87. The lowest BCUT2D eigenvalue weighted by Crippen LogP contribution is -2.32. The number of nitrogens with zero attached hydrogens (tertiary/aromatic N) is 3. The van der Waals surface area contributed by atoms with Gasteiger partial charge >= 0.3 is 5.97 Å². The van der Waals surface area contributed by atoms with E-state index in [1.165, 1.54) is 11.3 Å². The van der Waals surface area contributed by atoms with Crippen LogP contribution in [0, 0.1) is 17.4 Å². The van der Waals surface area contributed by atoms with Gasteiger partial charge in [0.25, 0.3) is 0 Å². The van der Waals surface area contributed by atoms with Crippen LogP contribution in [-0.4, -0.2) is 34.8 Å². The van der Waals surface area contributed by atoms with E-state index < -0.39 is 23.0 Å². The Morgan fingerprint density at radius 2 is 2.14 bits per heavy atom. The van der Waals surface area contributed by atoms with E-state index in [1.54, 1.807) is 31.2 Å². The Labute approximate surface area is 216 Å². The van der Waals surface area contributed by atoms with E-state index in [1.807, 2.05) is 6.19 Å². The van der Waals surface area contributed by atoms with Crippen molar-refractivity contribution in [2.24, 2.45) is 10.9 Å². The molecular weight excluding hydrogens is 508 g/mol. The number of hydrogen-bond donors (Lipinski definition) is 1. The zero-order valence-corrected chi connectivity index (χ0v) is 21.6. The number of benzene rings is 1. The Kier molecular flexibility index (Phi) is 7.79. The monoisotopic (exact) mass is 530 g/mol. The molecule has 2 atom stereocenters. The van der Waals surface area contributed by atoms with E-state index in [4.69, 9.17) is 21.6 Å². The van der Waals surface area contributed by atoms with Gasteiger partial charge in [0.1, 0.15) is 10.3 Å². The highest BCUT2D eigenvalue weighted by Gasteiger charge is 2.44. The number of halogens is 1. The number of imide groups is 1. The van der Waals surface area contributed by atoms with Crippen molar-refractivity contribution < 1.29 is 19.1 Å². The third-order valence-electron chi connectivity index (χ3n) is 5.77. The first-order chi connectivity index (χ1) is 16.8. The summed E-state index contributed by atoms with van der Waals surface area (Å²) in [6.07, 6.45) is 4.15. The molecule has 2 heterocycles. The van der Waals surface area contributed by atoms with Gasteiger partial charge in [0.05, 0.1) is 22.9 Å². The predicted octanol–water partition coefficient (Wildman–Crippen LogP) is 4.83. The fourth-order valence-corrected chi connectivity index (χ4v) is 6.79. The summed E-state index contributed by atoms with van der Waals surface area (Å²) < 4.78 is 5.29. The number of rotatable bonds is 5. The summed E-state index contributed by atoms with van der Waals surface area (Å²) >= 11 is 8.48. The molecule has 1 saturated heterocycles. The zero-order valence-electron chi connectivity index (χ0n) is 19.2. The van der Waals surface area contributed by atoms with E-state index >= 15 is 0 Å². The number of carbonyl (C=O) groups excluding carboxylic acids is 3. The number of esters is 1. The number of hydrogen-bond acceptors (Lipinski definition) is 8. The fourth-order valence-electron chi connectivity index (χ4n) is 4.14. The minimum Gasteiger partial charge on any atom is -0.462 e. The lowest BCUT2D eigenvalue weighted by Gasteiger charge is -2.18. The standard InChI is InChI=1S/C24H23ClN4O4S2/c1-3-33-23(32)20-14-9-8-13(2)10-17(14)34-22(20)29-19(30)11-18(21(29)31)35-24(27-12-26)28-16-7-5-4-6-15(16)25/h4-7,13,18H,3,8-11H2,1-2H3,(H,27,28)/t13-,18+/m1/s1. The molecule has 8 nitrogen and oxygen atoms in total. The molecule has 35 heavy (non-hydrogen) atoms. The normalized spacial score (nSPS) is 19.9. The molecular formula is C24H23ClN4O4S2. The van der Waals surface area contributed by atoms with E-state index in [0.29, 0.717) is 33.6 Å². The van der Waals surface area contributed by atoms with Crippen LogP contribution in [-0.2, 0) is 27.2 Å². The Bertz CT molecular complexity index is 1250. The number of thiophene rings is 1. The van der Waals surface area contributed by atoms with Gasteiger partial charge < -0.3 is 4.74 Å². The molecule has 1 aliphatic heterocycles. The molecule has 4 rings (SSSR count). The molecule has 1 aromatic heterocycles. The van der Waals surface area contributed by atoms with E-state index in [0.717, 1.165) is 39.9 Å². The fraction of sp³-hybridized carbons (Fsp3) is 0.375. The van der Waals surface area contributed by atoms with Crippen LogP contribution in [0.25, 0.3) is 0 Å². The number of aliphatic imine (C=N–C) groups is 1. The van der Waals surface area contributed by atoms with Gasteiger partial charge in [-0.15, -0.1) is 11.3 Å². The van der Waals surface area contributed by atoms with Crippen LogP contribution < -0.4 is 10.2 Å². The second-order valence-electron chi connectivity index (χ2n) is 8.24. The molecule has 182 valence electrons. The van der Waals surface area contributed by atoms with Crippen molar-refractivity contribution in [1.82, 2.24) is 5.32 Å². The summed E-state index contributed by atoms with van der Waals surface area (Å²) in [7, 11) is 0. The van der Waals surface area contributed by atoms with Crippen LogP contribution >= 0.6 is 34.7 Å². The maximum absolute atomic E-state index is 13.4. The maximum Gasteiger partial charge on any atom is 0.341 e. The third-order valence-corrected chi connectivity index (χ3v) is 8.40. The average Bonchev–Trinajstić information content (AvgIpc) is 3.31. The van der Waals surface area contributed by atoms with Crippen LogP contribution in [0.3, 0.4) is 0 Å². The minimum atomic E-state index is -0.808. The Morgan fingerprint density at radius 1 is 1.37 bits per heavy atom. The number of fused-ring (bicyclic) bond motifs is 1. The number of ether oxygens (including phenoxy) is 1. The van der Waals surface area contributed by atoms with Gasteiger partial charge in [-0.25, -0.2) is 14.7 Å². The van der Waals surface area contributed by atoms with Crippen LogP contribution in [0.2, 0.25) is 5.02 Å². The first-order valence-electron chi connectivity index (χ1n) is 11.2. The molecule has 1 aliphatic carbocycles. The highest BCUT2D eigenvalue weighted by molar-refractivity contribution is 8.15. The quantitative estimate of drug-likeness (QED) is 0.147. The van der Waals surface area contributed by atoms with Crippen LogP contribution in [0.1, 0.15) is 47.5 Å². The second kappa shape index (κ2) is 10.8. The molecule has 0 bridgehead atoms. The first kappa shape index (κ1) is 25.2. The Balaban J connectivity index is 1.66. The van der Waals surface area contributed by atoms with Crippen LogP contribution in [0.15, 0.2) is 29.3 Å². The van der Waals surface area contributed by atoms with Crippen molar-refractivity contribution in [3.05, 3.63) is 45.3 Å². The second-order valence-corrected chi connectivity index (χ2v) is 10.9. The SMILES string of the molecule is CCOC(=O)c1c(N2C(=O)C[C@H](SC(=Nc3ccccc3Cl)NC#N)C2=O)sc2c1CC[C@@H](C)C2. The van der Waals surface area contributed by atoms with Gasteiger partial charge in [-0.1, -0.05) is 42.4 Å². The summed E-state index contributed by atoms with van der Waals surface area (Å²) in [6.45, 7) is 4.06. The number of para-hydroxylation sites is 1. The van der Waals surface area contributed by atoms with E-state index in [-0.39, 0.29) is 18.2 Å². The highest BCUT2D eigenvalue weighted by Crippen LogP contribution is 2.44. The summed E-state index contributed by atoms with van der Waals surface area (Å²) in [4.78, 5) is 45.9. The number of nitrogens with one attached hydrogen (secondary N) is 1. The average molecular weight is 531 g/mol. The van der Waals surface area contributed by atoms with E-state index in [9.17, 15) is 14.4 Å². The van der Waals surface area contributed by atoms with Gasteiger partial charge in [0.15, 0.2) is 11.4 Å². The molecule has 1 N–H and O–H groups in total. The zero-order chi connectivity index (χ0) is 25.1. The summed E-state index contributed by atoms with van der Waals surface area (Å²) in [5.41, 5.74) is 1.63. The number of anilines is 1. The summed E-state index contributed by atoms with van der Waals surface area (Å²) in [5, 5.41) is 11.7.